The molecule has 28 heavy (non-hydrogen) atoms. The third-order valence-corrected chi connectivity index (χ3v) is 5.13. The average Bonchev–Trinajstić information content (AvgIpc) is 3.20. The number of rotatable bonds is 6. The second-order valence-corrected chi connectivity index (χ2v) is 6.90. The molecule has 0 fully saturated rings. The predicted molar refractivity (Wildman–Crippen MR) is 107 cm³/mol. The molecule has 0 saturated carbocycles. The molecule has 0 aliphatic carbocycles. The van der Waals surface area contributed by atoms with E-state index in [1.54, 1.807) is 18.6 Å². The molecule has 8 heteroatoms. The Balaban J connectivity index is 1.87. The molecule has 0 aliphatic heterocycles. The minimum Gasteiger partial charge on any atom is -0.383 e. The van der Waals surface area contributed by atoms with Gasteiger partial charge in [-0.25, -0.2) is 4.79 Å². The number of benzene rings is 1. The zero-order chi connectivity index (χ0) is 19.8. The number of nitrogens with zero attached hydrogens (tertiary/aromatic N) is 5. The summed E-state index contributed by atoms with van der Waals surface area (Å²) in [5, 5.41) is 0. The Morgan fingerprint density at radius 1 is 1.07 bits per heavy atom. The highest BCUT2D eigenvalue weighted by Gasteiger charge is 2.20. The summed E-state index contributed by atoms with van der Waals surface area (Å²) < 4.78 is 11.7. The lowest BCUT2D eigenvalue weighted by Crippen LogP contribution is -2.39. The molecule has 0 N–H and O–H groups in total. The number of fused-ring (bicyclic) bond motifs is 3. The Labute approximate surface area is 161 Å². The molecule has 0 amide bonds. The van der Waals surface area contributed by atoms with Crippen molar-refractivity contribution in [3.05, 3.63) is 68.6 Å². The van der Waals surface area contributed by atoms with Crippen molar-refractivity contribution in [3.63, 3.8) is 0 Å². The Bertz CT molecular complexity index is 1260. The Morgan fingerprint density at radius 2 is 1.82 bits per heavy atom. The van der Waals surface area contributed by atoms with Gasteiger partial charge in [0.25, 0.3) is 5.56 Å². The molecule has 4 rings (SSSR count). The molecule has 4 aromatic rings. The number of methoxy groups -OCH3 is 1. The smallest absolute Gasteiger partial charge is 0.332 e. The fourth-order valence-electron chi connectivity index (χ4n) is 3.60. The third kappa shape index (κ3) is 2.86. The van der Waals surface area contributed by atoms with Gasteiger partial charge < -0.3 is 9.30 Å². The van der Waals surface area contributed by atoms with Crippen LogP contribution in [-0.2, 0) is 31.3 Å². The van der Waals surface area contributed by atoms with Crippen LogP contribution >= 0.6 is 0 Å². The Hall–Kier alpha value is -3.13. The predicted octanol–water partition coefficient (Wildman–Crippen LogP) is 1.35. The zero-order valence-corrected chi connectivity index (χ0v) is 16.3. The summed E-state index contributed by atoms with van der Waals surface area (Å²) in [5.74, 6) is 0.637. The van der Waals surface area contributed by atoms with Gasteiger partial charge in [-0.05, 0) is 18.9 Å². The van der Waals surface area contributed by atoms with Crippen LogP contribution in [0, 0.1) is 6.92 Å². The van der Waals surface area contributed by atoms with Gasteiger partial charge in [-0.3, -0.25) is 18.3 Å². The van der Waals surface area contributed by atoms with E-state index in [1.165, 1.54) is 9.13 Å². The van der Waals surface area contributed by atoms with Crippen LogP contribution in [0.1, 0.15) is 11.3 Å². The van der Waals surface area contributed by atoms with Gasteiger partial charge in [0.2, 0.25) is 5.78 Å². The first kappa shape index (κ1) is 18.2. The molecule has 0 bridgehead atoms. The minimum absolute atomic E-state index is 0.314. The van der Waals surface area contributed by atoms with Crippen molar-refractivity contribution >= 4 is 16.9 Å². The molecular formula is C20H23N5O3. The van der Waals surface area contributed by atoms with Gasteiger partial charge in [-0.1, -0.05) is 30.3 Å². The SMILES string of the molecule is COCCn1c(C)cn2c3c(=O)n(CCc4ccccc4)c(=O)n(C)c3nc12. The van der Waals surface area contributed by atoms with Gasteiger partial charge >= 0.3 is 5.69 Å². The van der Waals surface area contributed by atoms with Gasteiger partial charge in [0.1, 0.15) is 0 Å². The number of hydrogen-bond donors (Lipinski definition) is 0. The van der Waals surface area contributed by atoms with Gasteiger partial charge in [-0.15, -0.1) is 0 Å². The monoisotopic (exact) mass is 381 g/mol. The molecule has 1 aromatic carbocycles. The first-order valence-electron chi connectivity index (χ1n) is 9.23. The van der Waals surface area contributed by atoms with E-state index in [2.05, 4.69) is 4.98 Å². The molecule has 146 valence electrons. The van der Waals surface area contributed by atoms with E-state index >= 15 is 0 Å². The molecule has 0 aliphatic rings. The van der Waals surface area contributed by atoms with Crippen molar-refractivity contribution < 1.29 is 4.74 Å². The summed E-state index contributed by atoms with van der Waals surface area (Å²) in [7, 11) is 3.30. The number of aromatic nitrogens is 5. The second-order valence-electron chi connectivity index (χ2n) is 6.90. The summed E-state index contributed by atoms with van der Waals surface area (Å²) in [6, 6.07) is 9.83. The molecule has 0 saturated heterocycles. The summed E-state index contributed by atoms with van der Waals surface area (Å²) in [4.78, 5) is 30.6. The average molecular weight is 381 g/mol. The van der Waals surface area contributed by atoms with E-state index in [4.69, 9.17) is 4.74 Å². The maximum Gasteiger partial charge on any atom is 0.332 e. The summed E-state index contributed by atoms with van der Waals surface area (Å²) in [6.07, 6.45) is 2.49. The van der Waals surface area contributed by atoms with E-state index in [0.717, 1.165) is 11.3 Å². The van der Waals surface area contributed by atoms with Crippen LogP contribution in [0.25, 0.3) is 16.9 Å². The molecule has 0 radical (unpaired) electrons. The quantitative estimate of drug-likeness (QED) is 0.505. The first-order chi connectivity index (χ1) is 13.5. The van der Waals surface area contributed by atoms with E-state index in [0.29, 0.717) is 43.1 Å². The molecule has 0 spiro atoms. The molecular weight excluding hydrogens is 358 g/mol. The molecule has 3 heterocycles. The Kier molecular flexibility index (Phi) is 4.64. The van der Waals surface area contributed by atoms with Crippen molar-refractivity contribution in [3.8, 4) is 0 Å². The number of aryl methyl sites for hydroxylation is 3. The van der Waals surface area contributed by atoms with Crippen LogP contribution in [0.2, 0.25) is 0 Å². The molecule has 3 aromatic heterocycles. The second kappa shape index (κ2) is 7.12. The normalized spacial score (nSPS) is 11.7. The van der Waals surface area contributed by atoms with Gasteiger partial charge in [0.15, 0.2) is 11.2 Å². The minimum atomic E-state index is -0.352. The van der Waals surface area contributed by atoms with Crippen LogP contribution in [0.15, 0.2) is 46.1 Å². The van der Waals surface area contributed by atoms with E-state index in [1.807, 2.05) is 48.0 Å². The largest absolute Gasteiger partial charge is 0.383 e. The summed E-state index contributed by atoms with van der Waals surface area (Å²) >= 11 is 0. The lowest BCUT2D eigenvalue weighted by Gasteiger charge is -2.08. The van der Waals surface area contributed by atoms with Gasteiger partial charge in [-0.2, -0.15) is 4.98 Å². The highest BCUT2D eigenvalue weighted by Crippen LogP contribution is 2.16. The van der Waals surface area contributed by atoms with Crippen molar-refractivity contribution in [2.24, 2.45) is 7.05 Å². The first-order valence-corrected chi connectivity index (χ1v) is 9.23. The molecule has 8 nitrogen and oxygen atoms in total. The van der Waals surface area contributed by atoms with Crippen LogP contribution in [-0.4, -0.2) is 36.8 Å². The van der Waals surface area contributed by atoms with Crippen molar-refractivity contribution in [1.82, 2.24) is 23.1 Å². The summed E-state index contributed by atoms with van der Waals surface area (Å²) in [5.41, 5.74) is 2.21. The lowest BCUT2D eigenvalue weighted by atomic mass is 10.1. The topological polar surface area (TPSA) is 75.5 Å². The van der Waals surface area contributed by atoms with E-state index < -0.39 is 0 Å². The lowest BCUT2D eigenvalue weighted by molar-refractivity contribution is 0.187. The maximum atomic E-state index is 13.2. The van der Waals surface area contributed by atoms with Gasteiger partial charge in [0, 0.05) is 39.1 Å². The van der Waals surface area contributed by atoms with E-state index in [-0.39, 0.29) is 11.2 Å². The van der Waals surface area contributed by atoms with Crippen molar-refractivity contribution in [2.75, 3.05) is 13.7 Å². The van der Waals surface area contributed by atoms with Crippen LogP contribution in [0.4, 0.5) is 0 Å². The number of imidazole rings is 2. The van der Waals surface area contributed by atoms with Crippen LogP contribution < -0.4 is 11.2 Å². The van der Waals surface area contributed by atoms with E-state index in [9.17, 15) is 9.59 Å². The zero-order valence-electron chi connectivity index (χ0n) is 16.3. The highest BCUT2D eigenvalue weighted by molar-refractivity contribution is 5.75. The fourth-order valence-corrected chi connectivity index (χ4v) is 3.60. The fraction of sp³-hybridized carbons (Fsp3) is 0.350. The third-order valence-electron chi connectivity index (χ3n) is 5.13. The molecule has 0 atom stereocenters. The number of hydrogen-bond acceptors (Lipinski definition) is 4. The van der Waals surface area contributed by atoms with Crippen molar-refractivity contribution in [2.45, 2.75) is 26.4 Å². The van der Waals surface area contributed by atoms with Gasteiger partial charge in [0.05, 0.1) is 6.61 Å². The molecule has 0 unspecified atom stereocenters. The van der Waals surface area contributed by atoms with Crippen LogP contribution in [0.3, 0.4) is 0 Å². The number of ether oxygens (including phenoxy) is 1. The Morgan fingerprint density at radius 3 is 2.54 bits per heavy atom. The van der Waals surface area contributed by atoms with Crippen LogP contribution in [0.5, 0.6) is 0 Å². The standard InChI is InChI=1S/C20H23N5O3/c1-14-13-25-16-17(21-19(25)23(14)11-12-28-3)22(2)20(27)24(18(16)26)10-9-15-7-5-4-6-8-15/h4-8,13H,9-12H2,1-3H3. The van der Waals surface area contributed by atoms with Crippen molar-refractivity contribution in [1.29, 1.82) is 0 Å². The highest BCUT2D eigenvalue weighted by atomic mass is 16.5. The summed E-state index contributed by atoms with van der Waals surface area (Å²) in [6.45, 7) is 3.45. The maximum absolute atomic E-state index is 13.2.